The lowest BCUT2D eigenvalue weighted by Crippen LogP contribution is -2.08. The van der Waals surface area contributed by atoms with Crippen molar-refractivity contribution < 1.29 is 4.79 Å². The van der Waals surface area contributed by atoms with E-state index in [1.54, 1.807) is 43.4 Å². The van der Waals surface area contributed by atoms with Crippen molar-refractivity contribution in [2.24, 2.45) is 0 Å². The van der Waals surface area contributed by atoms with E-state index in [0.717, 1.165) is 10.9 Å². The van der Waals surface area contributed by atoms with Crippen LogP contribution in [0.1, 0.15) is 10.4 Å². The van der Waals surface area contributed by atoms with E-state index in [1.165, 1.54) is 6.20 Å². The Bertz CT molecular complexity index is 696. The summed E-state index contributed by atoms with van der Waals surface area (Å²) in [5.41, 5.74) is 1.44. The Morgan fingerprint density at radius 1 is 1.37 bits per heavy atom. The van der Waals surface area contributed by atoms with Gasteiger partial charge in [-0.3, -0.25) is 9.78 Å². The number of hydrogen-bond acceptors (Lipinski definition) is 4. The predicted octanol–water partition coefficient (Wildman–Crippen LogP) is 2.39. The summed E-state index contributed by atoms with van der Waals surface area (Å²) in [6.07, 6.45) is 3.23. The summed E-state index contributed by atoms with van der Waals surface area (Å²) < 4.78 is 0. The number of rotatable bonds is 3. The lowest BCUT2D eigenvalue weighted by molar-refractivity contribution is 0.103. The number of allylic oxidation sites excluding steroid dienone is 1. The summed E-state index contributed by atoms with van der Waals surface area (Å²) in [4.78, 5) is 18.1. The molecule has 0 bridgehead atoms. The van der Waals surface area contributed by atoms with Crippen LogP contribution in [0.15, 0.2) is 48.3 Å². The van der Waals surface area contributed by atoms with E-state index in [9.17, 15) is 4.79 Å². The SMILES string of the molecule is CN(C)/C=C(\C#N)C(=O)c1ccc2ncccc2c1. The molecule has 1 aromatic carbocycles. The fraction of sp³-hybridized carbons (Fsp3) is 0.133. The van der Waals surface area contributed by atoms with Crippen molar-refractivity contribution in [1.82, 2.24) is 9.88 Å². The molecule has 0 N–H and O–H groups in total. The molecule has 0 saturated carbocycles. The normalized spacial score (nSPS) is 11.1. The molecule has 0 aliphatic rings. The Kier molecular flexibility index (Phi) is 3.58. The lowest BCUT2D eigenvalue weighted by atomic mass is 10.0. The fourth-order valence-electron chi connectivity index (χ4n) is 1.77. The molecule has 4 nitrogen and oxygen atoms in total. The highest BCUT2D eigenvalue weighted by Crippen LogP contribution is 2.16. The van der Waals surface area contributed by atoms with Gasteiger partial charge in [-0.1, -0.05) is 6.07 Å². The van der Waals surface area contributed by atoms with Crippen molar-refractivity contribution in [1.29, 1.82) is 5.26 Å². The van der Waals surface area contributed by atoms with Crippen LogP contribution in [0.25, 0.3) is 10.9 Å². The van der Waals surface area contributed by atoms with Crippen molar-refractivity contribution in [2.45, 2.75) is 0 Å². The first-order valence-corrected chi connectivity index (χ1v) is 5.79. The van der Waals surface area contributed by atoms with Gasteiger partial charge in [-0.2, -0.15) is 5.26 Å². The van der Waals surface area contributed by atoms with Crippen LogP contribution in [0.5, 0.6) is 0 Å². The first-order chi connectivity index (χ1) is 9.11. The van der Waals surface area contributed by atoms with Gasteiger partial charge in [-0.05, 0) is 24.3 Å². The number of benzene rings is 1. The standard InChI is InChI=1S/C15H13N3O/c1-18(2)10-13(9-16)15(19)12-5-6-14-11(8-12)4-3-7-17-14/h3-8,10H,1-2H3/b13-10+. The Labute approximate surface area is 111 Å². The molecule has 0 saturated heterocycles. The Hall–Kier alpha value is -2.67. The van der Waals surface area contributed by atoms with Gasteiger partial charge in [0.05, 0.1) is 5.52 Å². The molecule has 1 aromatic heterocycles. The number of aromatic nitrogens is 1. The van der Waals surface area contributed by atoms with E-state index in [1.807, 2.05) is 18.2 Å². The molecule has 0 fully saturated rings. The minimum atomic E-state index is -0.276. The third kappa shape index (κ3) is 2.78. The van der Waals surface area contributed by atoms with E-state index >= 15 is 0 Å². The molecule has 19 heavy (non-hydrogen) atoms. The zero-order chi connectivity index (χ0) is 13.8. The first kappa shape index (κ1) is 12.8. The number of carbonyl (C=O) groups excluding carboxylic acids is 1. The first-order valence-electron chi connectivity index (χ1n) is 5.79. The Morgan fingerprint density at radius 3 is 2.84 bits per heavy atom. The molecule has 2 rings (SSSR count). The fourth-order valence-corrected chi connectivity index (χ4v) is 1.77. The molecule has 0 aliphatic carbocycles. The summed E-state index contributed by atoms with van der Waals surface area (Å²) in [5, 5.41) is 9.93. The second-order valence-electron chi connectivity index (χ2n) is 4.36. The second-order valence-corrected chi connectivity index (χ2v) is 4.36. The minimum Gasteiger partial charge on any atom is -0.382 e. The second kappa shape index (κ2) is 5.32. The van der Waals surface area contributed by atoms with Crippen LogP contribution in [0.2, 0.25) is 0 Å². The van der Waals surface area contributed by atoms with Gasteiger partial charge in [-0.25, -0.2) is 0 Å². The maximum absolute atomic E-state index is 12.2. The third-order valence-electron chi connectivity index (χ3n) is 2.62. The van der Waals surface area contributed by atoms with Gasteiger partial charge in [-0.15, -0.1) is 0 Å². The predicted molar refractivity (Wildman–Crippen MR) is 73.5 cm³/mol. The molecule has 0 atom stereocenters. The van der Waals surface area contributed by atoms with Crippen LogP contribution in [-0.4, -0.2) is 29.8 Å². The maximum Gasteiger partial charge on any atom is 0.205 e. The number of hydrogen-bond donors (Lipinski definition) is 0. The van der Waals surface area contributed by atoms with Crippen molar-refractivity contribution in [3.63, 3.8) is 0 Å². The van der Waals surface area contributed by atoms with Gasteiger partial charge in [0.2, 0.25) is 5.78 Å². The van der Waals surface area contributed by atoms with Gasteiger partial charge in [0, 0.05) is 37.4 Å². The van der Waals surface area contributed by atoms with Crippen molar-refractivity contribution in [3.05, 3.63) is 53.9 Å². The van der Waals surface area contributed by atoms with Crippen LogP contribution in [0.3, 0.4) is 0 Å². The summed E-state index contributed by atoms with van der Waals surface area (Å²) in [7, 11) is 3.55. The van der Waals surface area contributed by atoms with Gasteiger partial charge in [0.15, 0.2) is 0 Å². The van der Waals surface area contributed by atoms with E-state index in [0.29, 0.717) is 5.56 Å². The van der Waals surface area contributed by atoms with E-state index < -0.39 is 0 Å². The summed E-state index contributed by atoms with van der Waals surface area (Å²) in [6.45, 7) is 0. The summed E-state index contributed by atoms with van der Waals surface area (Å²) in [6, 6.07) is 10.9. The zero-order valence-electron chi connectivity index (χ0n) is 10.8. The Balaban J connectivity index is 2.44. The van der Waals surface area contributed by atoms with E-state index in [-0.39, 0.29) is 11.4 Å². The maximum atomic E-state index is 12.2. The van der Waals surface area contributed by atoms with Gasteiger partial charge >= 0.3 is 0 Å². The van der Waals surface area contributed by atoms with Gasteiger partial charge in [0.25, 0.3) is 0 Å². The molecule has 0 radical (unpaired) electrons. The number of nitriles is 1. The van der Waals surface area contributed by atoms with Crippen molar-refractivity contribution >= 4 is 16.7 Å². The van der Waals surface area contributed by atoms with Gasteiger partial charge in [0.1, 0.15) is 11.6 Å². The molecule has 0 unspecified atom stereocenters. The van der Waals surface area contributed by atoms with E-state index in [4.69, 9.17) is 5.26 Å². The third-order valence-corrected chi connectivity index (χ3v) is 2.62. The molecular formula is C15H13N3O. The van der Waals surface area contributed by atoms with Crippen molar-refractivity contribution in [3.8, 4) is 6.07 Å². The number of pyridine rings is 1. The van der Waals surface area contributed by atoms with Crippen LogP contribution >= 0.6 is 0 Å². The molecule has 94 valence electrons. The number of Topliss-reactive ketones (excluding diaryl/α,β-unsaturated/α-hetero) is 1. The molecule has 1 heterocycles. The van der Waals surface area contributed by atoms with Crippen LogP contribution in [0, 0.1) is 11.3 Å². The molecule has 4 heteroatoms. The van der Waals surface area contributed by atoms with Crippen LogP contribution in [0.4, 0.5) is 0 Å². The molecule has 0 aliphatic heterocycles. The van der Waals surface area contributed by atoms with Crippen molar-refractivity contribution in [2.75, 3.05) is 14.1 Å². The highest BCUT2D eigenvalue weighted by molar-refractivity contribution is 6.12. The largest absolute Gasteiger partial charge is 0.382 e. The summed E-state index contributed by atoms with van der Waals surface area (Å²) in [5.74, 6) is -0.276. The number of ketones is 1. The van der Waals surface area contributed by atoms with Gasteiger partial charge < -0.3 is 4.90 Å². The average Bonchev–Trinajstić information content (AvgIpc) is 2.43. The average molecular weight is 251 g/mol. The molecular weight excluding hydrogens is 238 g/mol. The molecule has 0 spiro atoms. The number of carbonyl (C=O) groups is 1. The number of nitrogens with zero attached hydrogens (tertiary/aromatic N) is 3. The highest BCUT2D eigenvalue weighted by atomic mass is 16.1. The summed E-state index contributed by atoms with van der Waals surface area (Å²) >= 11 is 0. The smallest absolute Gasteiger partial charge is 0.205 e. The van der Waals surface area contributed by atoms with Crippen LogP contribution in [-0.2, 0) is 0 Å². The quantitative estimate of drug-likeness (QED) is 0.477. The number of fused-ring (bicyclic) bond motifs is 1. The zero-order valence-corrected chi connectivity index (χ0v) is 10.8. The molecule has 0 amide bonds. The monoisotopic (exact) mass is 251 g/mol. The van der Waals surface area contributed by atoms with Crippen LogP contribution < -0.4 is 0 Å². The lowest BCUT2D eigenvalue weighted by Gasteiger charge is -2.06. The minimum absolute atomic E-state index is 0.119. The molecule has 2 aromatic rings. The topological polar surface area (TPSA) is 57.0 Å². The Morgan fingerprint density at radius 2 is 2.16 bits per heavy atom. The van der Waals surface area contributed by atoms with E-state index in [2.05, 4.69) is 4.98 Å². The highest BCUT2D eigenvalue weighted by Gasteiger charge is 2.12.